The minimum absolute atomic E-state index is 0.282. The third-order valence-corrected chi connectivity index (χ3v) is 3.71. The van der Waals surface area contributed by atoms with E-state index in [1.54, 1.807) is 18.2 Å². The maximum Gasteiger partial charge on any atom is 0.240 e. The highest BCUT2D eigenvalue weighted by Crippen LogP contribution is 2.34. The Bertz CT molecular complexity index is 518. The first-order chi connectivity index (χ1) is 9.28. The summed E-state index contributed by atoms with van der Waals surface area (Å²) in [5, 5.41) is 0. The van der Waals surface area contributed by atoms with E-state index >= 15 is 0 Å². The molecule has 1 aliphatic rings. The summed E-state index contributed by atoms with van der Waals surface area (Å²) in [7, 11) is 0. The lowest BCUT2D eigenvalue weighted by atomic mass is 9.78. The van der Waals surface area contributed by atoms with Gasteiger partial charge in [0.25, 0.3) is 0 Å². The van der Waals surface area contributed by atoms with Gasteiger partial charge in [-0.15, -0.1) is 0 Å². The molecule has 0 aromatic heterocycles. The lowest BCUT2D eigenvalue weighted by Crippen LogP contribution is -2.31. The molecule has 0 aliphatic heterocycles. The summed E-state index contributed by atoms with van der Waals surface area (Å²) < 4.78 is 0. The van der Waals surface area contributed by atoms with Crippen LogP contribution < -0.4 is 0 Å². The third-order valence-electron chi connectivity index (χ3n) is 3.71. The zero-order valence-corrected chi connectivity index (χ0v) is 10.8. The van der Waals surface area contributed by atoms with Crippen molar-refractivity contribution < 1.29 is 9.59 Å². The molecule has 4 nitrogen and oxygen atoms in total. The van der Waals surface area contributed by atoms with E-state index in [9.17, 15) is 9.59 Å². The molecular formula is C15H16N2O2. The molecule has 1 fully saturated rings. The van der Waals surface area contributed by atoms with E-state index in [2.05, 4.69) is 9.98 Å². The van der Waals surface area contributed by atoms with Crippen molar-refractivity contribution in [3.05, 3.63) is 29.8 Å². The zero-order chi connectivity index (χ0) is 13.6. The number of hydrogen-bond acceptors (Lipinski definition) is 4. The third kappa shape index (κ3) is 3.47. The van der Waals surface area contributed by atoms with E-state index < -0.39 is 0 Å². The quantitative estimate of drug-likeness (QED) is 0.613. The Hall–Kier alpha value is -2.02. The van der Waals surface area contributed by atoms with Crippen LogP contribution in [0, 0.1) is 0 Å². The average Bonchev–Trinajstić information content (AvgIpc) is 2.43. The molecule has 1 aromatic rings. The fourth-order valence-corrected chi connectivity index (χ4v) is 2.76. The molecule has 4 heteroatoms. The summed E-state index contributed by atoms with van der Waals surface area (Å²) in [4.78, 5) is 28.5. The molecule has 0 heterocycles. The Labute approximate surface area is 112 Å². The zero-order valence-electron chi connectivity index (χ0n) is 10.8. The minimum atomic E-state index is -0.282. The van der Waals surface area contributed by atoms with E-state index in [-0.39, 0.29) is 5.54 Å². The van der Waals surface area contributed by atoms with Gasteiger partial charge in [0.05, 0.1) is 11.2 Å². The van der Waals surface area contributed by atoms with Crippen molar-refractivity contribution >= 4 is 17.8 Å². The Morgan fingerprint density at radius 1 is 1.00 bits per heavy atom. The van der Waals surface area contributed by atoms with E-state index in [0.29, 0.717) is 5.69 Å². The topological polar surface area (TPSA) is 58.9 Å². The largest absolute Gasteiger partial charge is 0.240 e. The molecule has 0 unspecified atom stereocenters. The van der Waals surface area contributed by atoms with Crippen LogP contribution in [-0.4, -0.2) is 17.7 Å². The molecule has 1 aliphatic carbocycles. The van der Waals surface area contributed by atoms with Gasteiger partial charge in [-0.1, -0.05) is 31.4 Å². The Morgan fingerprint density at radius 3 is 2.26 bits per heavy atom. The van der Waals surface area contributed by atoms with Gasteiger partial charge in [0, 0.05) is 0 Å². The predicted octanol–water partition coefficient (Wildman–Crippen LogP) is 3.24. The van der Waals surface area contributed by atoms with Crippen LogP contribution in [0.1, 0.15) is 37.7 Å². The number of isocyanates is 2. The van der Waals surface area contributed by atoms with Crippen LogP contribution in [0.4, 0.5) is 5.69 Å². The Balaban J connectivity index is 2.16. The first kappa shape index (κ1) is 13.4. The second-order valence-corrected chi connectivity index (χ2v) is 5.03. The summed E-state index contributed by atoms with van der Waals surface area (Å²) in [5.74, 6) is 0. The van der Waals surface area contributed by atoms with E-state index in [4.69, 9.17) is 0 Å². The maximum absolute atomic E-state index is 10.7. The summed E-state index contributed by atoms with van der Waals surface area (Å²) in [5.41, 5.74) is 1.41. The fraction of sp³-hybridized carbons (Fsp3) is 0.467. The fourth-order valence-electron chi connectivity index (χ4n) is 2.76. The molecule has 1 aromatic carbocycles. The van der Waals surface area contributed by atoms with Gasteiger partial charge in [-0.2, -0.15) is 9.98 Å². The smallest absolute Gasteiger partial charge is 0.211 e. The van der Waals surface area contributed by atoms with Gasteiger partial charge in [-0.3, -0.25) is 0 Å². The molecule has 0 radical (unpaired) electrons. The van der Waals surface area contributed by atoms with Gasteiger partial charge >= 0.3 is 0 Å². The number of aliphatic imine (C=N–C) groups is 2. The molecule has 0 bridgehead atoms. The second-order valence-electron chi connectivity index (χ2n) is 5.03. The summed E-state index contributed by atoms with van der Waals surface area (Å²) in [6.07, 6.45) is 9.31. The summed E-state index contributed by atoms with van der Waals surface area (Å²) in [6, 6.07) is 7.41. The molecule has 0 amide bonds. The lowest BCUT2D eigenvalue weighted by Gasteiger charge is -2.32. The van der Waals surface area contributed by atoms with Crippen LogP contribution in [0.15, 0.2) is 34.3 Å². The average molecular weight is 256 g/mol. The predicted molar refractivity (Wildman–Crippen MR) is 71.9 cm³/mol. The second kappa shape index (κ2) is 6.24. The first-order valence-electron chi connectivity index (χ1n) is 6.54. The van der Waals surface area contributed by atoms with E-state index in [1.807, 2.05) is 12.1 Å². The summed E-state index contributed by atoms with van der Waals surface area (Å²) >= 11 is 0. The highest BCUT2D eigenvalue weighted by atomic mass is 16.1. The molecule has 0 spiro atoms. The summed E-state index contributed by atoms with van der Waals surface area (Å²) in [6.45, 7) is 0. The molecule has 0 saturated heterocycles. The number of rotatable bonds is 4. The maximum atomic E-state index is 10.7. The highest BCUT2D eigenvalue weighted by molar-refractivity contribution is 5.49. The molecule has 1 saturated carbocycles. The number of nitrogens with zero attached hydrogens (tertiary/aromatic N) is 2. The van der Waals surface area contributed by atoms with E-state index in [0.717, 1.165) is 37.7 Å². The van der Waals surface area contributed by atoms with Crippen molar-refractivity contribution in [1.29, 1.82) is 0 Å². The Morgan fingerprint density at radius 2 is 1.68 bits per heavy atom. The molecular weight excluding hydrogens is 240 g/mol. The van der Waals surface area contributed by atoms with Gasteiger partial charge in [-0.25, -0.2) is 9.59 Å². The monoisotopic (exact) mass is 256 g/mol. The number of hydrogen-bond donors (Lipinski definition) is 0. The van der Waals surface area contributed by atoms with Crippen molar-refractivity contribution in [2.24, 2.45) is 9.98 Å². The lowest BCUT2D eigenvalue weighted by molar-refractivity contribution is 0.296. The van der Waals surface area contributed by atoms with Crippen LogP contribution in [0.3, 0.4) is 0 Å². The van der Waals surface area contributed by atoms with Crippen LogP contribution in [0.2, 0.25) is 0 Å². The van der Waals surface area contributed by atoms with Crippen molar-refractivity contribution in [3.8, 4) is 0 Å². The van der Waals surface area contributed by atoms with Gasteiger partial charge in [-0.05, 0) is 37.0 Å². The Kier molecular flexibility index (Phi) is 4.40. The van der Waals surface area contributed by atoms with Gasteiger partial charge < -0.3 is 0 Å². The molecule has 19 heavy (non-hydrogen) atoms. The number of carbonyl (C=O) groups excluding carboxylic acids is 2. The van der Waals surface area contributed by atoms with Gasteiger partial charge in [0.1, 0.15) is 0 Å². The van der Waals surface area contributed by atoms with Crippen molar-refractivity contribution in [2.75, 3.05) is 0 Å². The van der Waals surface area contributed by atoms with Crippen LogP contribution >= 0.6 is 0 Å². The van der Waals surface area contributed by atoms with Crippen molar-refractivity contribution in [3.63, 3.8) is 0 Å². The molecule has 0 N–H and O–H groups in total. The van der Waals surface area contributed by atoms with E-state index in [1.165, 1.54) is 12.5 Å². The molecule has 0 atom stereocenters. The van der Waals surface area contributed by atoms with Crippen molar-refractivity contribution in [1.82, 2.24) is 0 Å². The van der Waals surface area contributed by atoms with Crippen molar-refractivity contribution in [2.45, 2.75) is 44.1 Å². The van der Waals surface area contributed by atoms with Crippen LogP contribution in [0.5, 0.6) is 0 Å². The minimum Gasteiger partial charge on any atom is -0.211 e. The molecule has 2 rings (SSSR count). The van der Waals surface area contributed by atoms with Crippen LogP contribution in [0.25, 0.3) is 0 Å². The van der Waals surface area contributed by atoms with Gasteiger partial charge in [0.2, 0.25) is 12.2 Å². The van der Waals surface area contributed by atoms with Gasteiger partial charge in [0.15, 0.2) is 0 Å². The normalized spacial score (nSPS) is 17.1. The number of benzene rings is 1. The molecule has 98 valence electrons. The SMILES string of the molecule is O=C=Nc1ccc(CC2(N=C=O)CCCCC2)cc1. The first-order valence-corrected chi connectivity index (χ1v) is 6.54. The highest BCUT2D eigenvalue weighted by Gasteiger charge is 2.31. The standard InChI is InChI=1S/C15H16N2O2/c18-11-16-14-6-4-13(5-7-14)10-15(17-12-19)8-2-1-3-9-15/h4-7H,1-3,8-10H2. The van der Waals surface area contributed by atoms with Crippen LogP contribution in [-0.2, 0) is 16.0 Å².